The standard InChI is InChI=1S/C16H13ClN4O3/c1-9-5-15-19-11(7-14(17)21(15)20-9)6-13(22)10-3-4-12(18-8-10)16(23)24-2/h3-5,7-8H,6H2,1-2H3. The molecule has 7 nitrogen and oxygen atoms in total. The molecule has 24 heavy (non-hydrogen) atoms. The second-order valence-corrected chi connectivity index (χ2v) is 5.54. The van der Waals surface area contributed by atoms with E-state index in [2.05, 4.69) is 19.8 Å². The van der Waals surface area contributed by atoms with Gasteiger partial charge in [-0.15, -0.1) is 0 Å². The summed E-state index contributed by atoms with van der Waals surface area (Å²) in [6, 6.07) is 6.37. The number of ether oxygens (including phenoxy) is 1. The lowest BCUT2D eigenvalue weighted by Gasteiger charge is -2.04. The van der Waals surface area contributed by atoms with E-state index in [0.717, 1.165) is 5.69 Å². The van der Waals surface area contributed by atoms with Crippen molar-refractivity contribution in [3.8, 4) is 0 Å². The topological polar surface area (TPSA) is 86.5 Å². The molecule has 0 fully saturated rings. The van der Waals surface area contributed by atoms with Crippen molar-refractivity contribution in [3.05, 3.63) is 58.3 Å². The fraction of sp³-hybridized carbons (Fsp3) is 0.188. The van der Waals surface area contributed by atoms with Crippen molar-refractivity contribution in [2.75, 3.05) is 7.11 Å². The summed E-state index contributed by atoms with van der Waals surface area (Å²) in [5.74, 6) is -0.730. The number of aromatic nitrogens is 4. The molecule has 0 radical (unpaired) electrons. The van der Waals surface area contributed by atoms with Crippen molar-refractivity contribution in [3.63, 3.8) is 0 Å². The summed E-state index contributed by atoms with van der Waals surface area (Å²) in [5.41, 5.74) is 2.43. The van der Waals surface area contributed by atoms with Crippen LogP contribution in [0.5, 0.6) is 0 Å². The molecule has 3 heterocycles. The number of pyridine rings is 1. The molecule has 0 N–H and O–H groups in total. The molecule has 0 atom stereocenters. The zero-order valence-corrected chi connectivity index (χ0v) is 13.7. The number of methoxy groups -OCH3 is 1. The van der Waals surface area contributed by atoms with Gasteiger partial charge in [0, 0.05) is 17.8 Å². The number of esters is 1. The summed E-state index contributed by atoms with van der Waals surface area (Å²) >= 11 is 6.16. The van der Waals surface area contributed by atoms with Gasteiger partial charge in [0.05, 0.1) is 24.9 Å². The smallest absolute Gasteiger partial charge is 0.356 e. The van der Waals surface area contributed by atoms with Crippen LogP contribution in [-0.4, -0.2) is 38.4 Å². The number of carbonyl (C=O) groups excluding carboxylic acids is 2. The molecule has 0 bridgehead atoms. The van der Waals surface area contributed by atoms with Crippen LogP contribution < -0.4 is 0 Å². The maximum atomic E-state index is 12.4. The van der Waals surface area contributed by atoms with Crippen LogP contribution in [0.3, 0.4) is 0 Å². The largest absolute Gasteiger partial charge is 0.464 e. The van der Waals surface area contributed by atoms with Crippen molar-refractivity contribution >= 4 is 29.0 Å². The first-order valence-corrected chi connectivity index (χ1v) is 7.45. The van der Waals surface area contributed by atoms with E-state index in [9.17, 15) is 9.59 Å². The van der Waals surface area contributed by atoms with Gasteiger partial charge >= 0.3 is 5.97 Å². The minimum Gasteiger partial charge on any atom is -0.464 e. The Morgan fingerprint density at radius 2 is 2.08 bits per heavy atom. The highest BCUT2D eigenvalue weighted by Crippen LogP contribution is 2.15. The molecular weight excluding hydrogens is 332 g/mol. The van der Waals surface area contributed by atoms with Crippen molar-refractivity contribution < 1.29 is 14.3 Å². The van der Waals surface area contributed by atoms with Crippen LogP contribution >= 0.6 is 11.6 Å². The van der Waals surface area contributed by atoms with E-state index in [-0.39, 0.29) is 17.9 Å². The minimum absolute atomic E-state index is 0.0691. The normalized spacial score (nSPS) is 10.8. The fourth-order valence-electron chi connectivity index (χ4n) is 2.24. The highest BCUT2D eigenvalue weighted by atomic mass is 35.5. The molecule has 3 aromatic rings. The van der Waals surface area contributed by atoms with Crippen LogP contribution in [0.4, 0.5) is 0 Å². The third kappa shape index (κ3) is 3.11. The van der Waals surface area contributed by atoms with Gasteiger partial charge in [-0.25, -0.2) is 19.3 Å². The van der Waals surface area contributed by atoms with E-state index >= 15 is 0 Å². The number of Topliss-reactive ketones (excluding diaryl/α,β-unsaturated/α-hetero) is 1. The van der Waals surface area contributed by atoms with Crippen LogP contribution in [0.25, 0.3) is 5.65 Å². The number of aryl methyl sites for hydroxylation is 1. The Balaban J connectivity index is 1.83. The predicted octanol–water partition coefficient (Wildman–Crippen LogP) is 2.30. The maximum absolute atomic E-state index is 12.4. The van der Waals surface area contributed by atoms with Gasteiger partial charge in [-0.3, -0.25) is 4.79 Å². The van der Waals surface area contributed by atoms with Crippen molar-refractivity contribution in [2.45, 2.75) is 13.3 Å². The number of ketones is 1. The molecule has 8 heteroatoms. The lowest BCUT2D eigenvalue weighted by atomic mass is 10.1. The third-order valence-electron chi connectivity index (χ3n) is 3.38. The van der Waals surface area contributed by atoms with Crippen LogP contribution in [0.1, 0.15) is 32.2 Å². The molecule has 3 rings (SSSR count). The molecule has 0 aromatic carbocycles. The number of hydrogen-bond donors (Lipinski definition) is 0. The molecule has 122 valence electrons. The molecule has 3 aromatic heterocycles. The first-order chi connectivity index (χ1) is 11.5. The number of carbonyl (C=O) groups is 2. The highest BCUT2D eigenvalue weighted by molar-refractivity contribution is 6.29. The Labute approximate surface area is 142 Å². The number of fused-ring (bicyclic) bond motifs is 1. The maximum Gasteiger partial charge on any atom is 0.356 e. The van der Waals surface area contributed by atoms with Gasteiger partial charge in [0.25, 0.3) is 0 Å². The summed E-state index contributed by atoms with van der Waals surface area (Å²) in [6.45, 7) is 1.84. The van der Waals surface area contributed by atoms with Crippen molar-refractivity contribution in [1.82, 2.24) is 19.6 Å². The second kappa shape index (κ2) is 6.37. The van der Waals surface area contributed by atoms with E-state index < -0.39 is 5.97 Å². The number of hydrogen-bond acceptors (Lipinski definition) is 6. The Morgan fingerprint density at radius 1 is 1.29 bits per heavy atom. The molecule has 0 spiro atoms. The third-order valence-corrected chi connectivity index (χ3v) is 3.65. The van der Waals surface area contributed by atoms with Gasteiger partial charge in [-0.2, -0.15) is 5.10 Å². The van der Waals surface area contributed by atoms with Crippen LogP contribution in [0, 0.1) is 6.92 Å². The zero-order valence-electron chi connectivity index (χ0n) is 13.0. The molecule has 0 saturated carbocycles. The lowest BCUT2D eigenvalue weighted by Crippen LogP contribution is -2.09. The Bertz CT molecular complexity index is 934. The number of halogens is 1. The monoisotopic (exact) mass is 344 g/mol. The summed E-state index contributed by atoms with van der Waals surface area (Å²) in [5, 5.41) is 4.59. The van der Waals surface area contributed by atoms with Crippen LogP contribution in [-0.2, 0) is 11.2 Å². The Kier molecular flexibility index (Phi) is 4.26. The quantitative estimate of drug-likeness (QED) is 0.410. The van der Waals surface area contributed by atoms with Gasteiger partial charge in [0.15, 0.2) is 11.4 Å². The number of rotatable bonds is 4. The van der Waals surface area contributed by atoms with Crippen LogP contribution in [0.15, 0.2) is 30.5 Å². The van der Waals surface area contributed by atoms with E-state index in [0.29, 0.717) is 22.1 Å². The molecule has 0 aliphatic heterocycles. The van der Waals surface area contributed by atoms with Gasteiger partial charge in [0.2, 0.25) is 0 Å². The lowest BCUT2D eigenvalue weighted by molar-refractivity contribution is 0.0593. The van der Waals surface area contributed by atoms with E-state index in [4.69, 9.17) is 11.6 Å². The average Bonchev–Trinajstić information content (AvgIpc) is 2.95. The van der Waals surface area contributed by atoms with Gasteiger partial charge in [-0.05, 0) is 25.1 Å². The minimum atomic E-state index is -0.552. The zero-order chi connectivity index (χ0) is 17.3. The summed E-state index contributed by atoms with van der Waals surface area (Å²) in [4.78, 5) is 32.0. The Hall–Kier alpha value is -2.80. The van der Waals surface area contributed by atoms with Gasteiger partial charge in [0.1, 0.15) is 10.8 Å². The average molecular weight is 345 g/mol. The van der Waals surface area contributed by atoms with E-state index in [1.807, 2.05) is 6.92 Å². The molecule has 0 aliphatic rings. The fourth-order valence-corrected chi connectivity index (χ4v) is 2.49. The SMILES string of the molecule is COC(=O)c1ccc(C(=O)Cc2cc(Cl)n3nc(C)cc3n2)cn1. The Morgan fingerprint density at radius 3 is 2.75 bits per heavy atom. The summed E-state index contributed by atoms with van der Waals surface area (Å²) in [6.07, 6.45) is 1.41. The molecular formula is C16H13ClN4O3. The van der Waals surface area contributed by atoms with Crippen molar-refractivity contribution in [2.24, 2.45) is 0 Å². The highest BCUT2D eigenvalue weighted by Gasteiger charge is 2.13. The molecule has 0 unspecified atom stereocenters. The first kappa shape index (κ1) is 16.1. The predicted molar refractivity (Wildman–Crippen MR) is 86.3 cm³/mol. The van der Waals surface area contributed by atoms with Crippen LogP contribution in [0.2, 0.25) is 5.15 Å². The van der Waals surface area contributed by atoms with E-state index in [1.54, 1.807) is 12.1 Å². The van der Waals surface area contributed by atoms with Gasteiger partial charge < -0.3 is 4.74 Å². The summed E-state index contributed by atoms with van der Waals surface area (Å²) in [7, 11) is 1.27. The van der Waals surface area contributed by atoms with E-state index in [1.165, 1.54) is 30.0 Å². The summed E-state index contributed by atoms with van der Waals surface area (Å²) < 4.78 is 6.08. The first-order valence-electron chi connectivity index (χ1n) is 7.07. The molecule has 0 amide bonds. The van der Waals surface area contributed by atoms with Gasteiger partial charge in [-0.1, -0.05) is 11.6 Å². The molecule has 0 saturated heterocycles. The number of nitrogens with zero attached hydrogens (tertiary/aromatic N) is 4. The van der Waals surface area contributed by atoms with Crippen molar-refractivity contribution in [1.29, 1.82) is 0 Å². The second-order valence-electron chi connectivity index (χ2n) is 5.15. The molecule has 0 aliphatic carbocycles.